The molecular weight excluding hydrogens is 304 g/mol. The number of amides is 1. The summed E-state index contributed by atoms with van der Waals surface area (Å²) >= 11 is 0. The van der Waals surface area contributed by atoms with Crippen LogP contribution in [0.4, 0.5) is 0 Å². The quantitative estimate of drug-likeness (QED) is 0.878. The van der Waals surface area contributed by atoms with Gasteiger partial charge >= 0.3 is 0 Å². The van der Waals surface area contributed by atoms with Crippen LogP contribution in [-0.4, -0.2) is 38.0 Å². The third kappa shape index (κ3) is 3.41. The first-order valence-electron chi connectivity index (χ1n) is 7.22. The molecule has 1 aliphatic heterocycles. The van der Waals surface area contributed by atoms with Crippen molar-refractivity contribution in [1.82, 2.24) is 4.31 Å². The highest BCUT2D eigenvalue weighted by Gasteiger charge is 2.28. The van der Waals surface area contributed by atoms with Crippen molar-refractivity contribution in [1.29, 1.82) is 0 Å². The van der Waals surface area contributed by atoms with Crippen LogP contribution in [0, 0.1) is 5.92 Å². The molecule has 1 heterocycles. The molecule has 0 aliphatic carbocycles. The van der Waals surface area contributed by atoms with E-state index in [1.165, 1.54) is 11.4 Å². The maximum atomic E-state index is 12.4. The molecule has 122 valence electrons. The zero-order valence-electron chi connectivity index (χ0n) is 13.1. The van der Waals surface area contributed by atoms with E-state index in [2.05, 4.69) is 0 Å². The minimum atomic E-state index is -3.29. The number of carbonyl (C=O) groups excluding carboxylic acids is 1. The van der Waals surface area contributed by atoms with E-state index < -0.39 is 15.9 Å². The lowest BCUT2D eigenvalue weighted by Gasteiger charge is -2.29. The second kappa shape index (κ2) is 6.26. The van der Waals surface area contributed by atoms with Gasteiger partial charge in [-0.25, -0.2) is 8.42 Å². The number of ether oxygens (including phenoxy) is 1. The maximum Gasteiger partial charge on any atom is 0.252 e. The van der Waals surface area contributed by atoms with Crippen molar-refractivity contribution in [3.8, 4) is 5.75 Å². The smallest absolute Gasteiger partial charge is 0.252 e. The molecule has 1 aliphatic rings. The normalized spacial score (nSPS) is 15.6. The van der Waals surface area contributed by atoms with Crippen LogP contribution >= 0.6 is 0 Å². The highest BCUT2D eigenvalue weighted by Crippen LogP contribution is 2.29. The van der Waals surface area contributed by atoms with Crippen molar-refractivity contribution in [2.75, 3.05) is 19.4 Å². The van der Waals surface area contributed by atoms with Crippen molar-refractivity contribution in [3.05, 3.63) is 28.8 Å². The van der Waals surface area contributed by atoms with E-state index in [0.717, 1.165) is 11.1 Å². The number of primary amides is 1. The van der Waals surface area contributed by atoms with E-state index in [1.807, 2.05) is 13.8 Å². The molecule has 0 spiro atoms. The Morgan fingerprint density at radius 2 is 2.05 bits per heavy atom. The molecule has 1 amide bonds. The molecule has 0 unspecified atom stereocenters. The average molecular weight is 326 g/mol. The van der Waals surface area contributed by atoms with Gasteiger partial charge in [0.2, 0.25) is 10.0 Å². The summed E-state index contributed by atoms with van der Waals surface area (Å²) in [4.78, 5) is 11.5. The van der Waals surface area contributed by atoms with Gasteiger partial charge in [-0.3, -0.25) is 4.79 Å². The Hall–Kier alpha value is -1.60. The van der Waals surface area contributed by atoms with E-state index in [9.17, 15) is 13.2 Å². The molecule has 0 saturated heterocycles. The Bertz CT molecular complexity index is 683. The SMILES string of the molecule is COc1cc2c(cc1C(N)=O)CN(S(=O)(=O)CC(C)C)CC2. The van der Waals surface area contributed by atoms with E-state index in [4.69, 9.17) is 10.5 Å². The Kier molecular flexibility index (Phi) is 4.77. The van der Waals surface area contributed by atoms with E-state index in [-0.39, 0.29) is 23.8 Å². The van der Waals surface area contributed by atoms with Gasteiger partial charge in [-0.15, -0.1) is 0 Å². The van der Waals surface area contributed by atoms with Crippen LogP contribution < -0.4 is 10.5 Å². The predicted octanol–water partition coefficient (Wildman–Crippen LogP) is 1.14. The molecule has 0 fully saturated rings. The van der Waals surface area contributed by atoms with Crippen LogP contribution in [0.15, 0.2) is 12.1 Å². The molecule has 7 heteroatoms. The molecule has 1 aromatic rings. The van der Waals surface area contributed by atoms with Gasteiger partial charge < -0.3 is 10.5 Å². The Balaban J connectivity index is 2.34. The van der Waals surface area contributed by atoms with Crippen molar-refractivity contribution in [2.45, 2.75) is 26.8 Å². The number of nitrogens with two attached hydrogens (primary N) is 1. The topological polar surface area (TPSA) is 89.7 Å². The fraction of sp³-hybridized carbons (Fsp3) is 0.533. The molecule has 6 nitrogen and oxygen atoms in total. The first kappa shape index (κ1) is 16.8. The first-order valence-corrected chi connectivity index (χ1v) is 8.83. The molecule has 22 heavy (non-hydrogen) atoms. The molecule has 0 radical (unpaired) electrons. The van der Waals surface area contributed by atoms with Gasteiger partial charge in [0.25, 0.3) is 5.91 Å². The summed E-state index contributed by atoms with van der Waals surface area (Å²) in [5.74, 6) is 0.0521. The minimum absolute atomic E-state index is 0.0726. The monoisotopic (exact) mass is 326 g/mol. The second-order valence-corrected chi connectivity index (χ2v) is 7.95. The Morgan fingerprint density at radius 3 is 2.59 bits per heavy atom. The lowest BCUT2D eigenvalue weighted by molar-refractivity contribution is 0.0997. The fourth-order valence-corrected chi connectivity index (χ4v) is 4.44. The Morgan fingerprint density at radius 1 is 1.36 bits per heavy atom. The summed E-state index contributed by atoms with van der Waals surface area (Å²) < 4.78 is 31.4. The summed E-state index contributed by atoms with van der Waals surface area (Å²) in [6, 6.07) is 3.43. The maximum absolute atomic E-state index is 12.4. The highest BCUT2D eigenvalue weighted by molar-refractivity contribution is 7.89. The molecule has 2 N–H and O–H groups in total. The molecule has 2 rings (SSSR count). The summed E-state index contributed by atoms with van der Waals surface area (Å²) in [6.45, 7) is 4.48. The summed E-state index contributed by atoms with van der Waals surface area (Å²) in [6.07, 6.45) is 0.599. The number of sulfonamides is 1. The standard InChI is InChI=1S/C15H22N2O4S/c1-10(2)9-22(19,20)17-5-4-11-7-14(21-3)13(15(16)18)6-12(11)8-17/h6-7,10H,4-5,8-9H2,1-3H3,(H2,16,18). The van der Waals surface area contributed by atoms with E-state index in [0.29, 0.717) is 18.7 Å². The van der Waals surface area contributed by atoms with Crippen molar-refractivity contribution in [3.63, 3.8) is 0 Å². The summed E-state index contributed by atoms with van der Waals surface area (Å²) in [5, 5.41) is 0. The molecule has 0 saturated carbocycles. The third-order valence-electron chi connectivity index (χ3n) is 3.70. The van der Waals surface area contributed by atoms with Gasteiger partial charge in [0.1, 0.15) is 5.75 Å². The lowest BCUT2D eigenvalue weighted by atomic mass is 9.97. The van der Waals surface area contributed by atoms with Crippen LogP contribution in [0.2, 0.25) is 0 Å². The van der Waals surface area contributed by atoms with Crippen LogP contribution in [0.3, 0.4) is 0 Å². The Labute approximate surface area is 131 Å². The van der Waals surface area contributed by atoms with Gasteiger partial charge in [0, 0.05) is 13.1 Å². The molecule has 0 atom stereocenters. The summed E-state index contributed by atoms with van der Waals surface area (Å²) in [7, 11) is -1.81. The first-order chi connectivity index (χ1) is 10.2. The van der Waals surface area contributed by atoms with Gasteiger partial charge in [-0.05, 0) is 35.6 Å². The number of methoxy groups -OCH3 is 1. The van der Waals surface area contributed by atoms with Crippen LogP contribution in [-0.2, 0) is 23.0 Å². The largest absolute Gasteiger partial charge is 0.496 e. The number of hydrogen-bond acceptors (Lipinski definition) is 4. The van der Waals surface area contributed by atoms with E-state index in [1.54, 1.807) is 12.1 Å². The number of benzene rings is 1. The van der Waals surface area contributed by atoms with E-state index >= 15 is 0 Å². The zero-order chi connectivity index (χ0) is 16.5. The molecule has 1 aromatic carbocycles. The van der Waals surface area contributed by atoms with Gasteiger partial charge in [-0.1, -0.05) is 13.8 Å². The van der Waals surface area contributed by atoms with Crippen LogP contribution in [0.5, 0.6) is 5.75 Å². The van der Waals surface area contributed by atoms with Crippen LogP contribution in [0.25, 0.3) is 0 Å². The third-order valence-corrected chi connectivity index (χ3v) is 5.89. The summed E-state index contributed by atoms with van der Waals surface area (Å²) in [5.41, 5.74) is 7.45. The van der Waals surface area contributed by atoms with Crippen LogP contribution in [0.1, 0.15) is 35.3 Å². The molecule has 0 bridgehead atoms. The van der Waals surface area contributed by atoms with Crippen molar-refractivity contribution >= 4 is 15.9 Å². The van der Waals surface area contributed by atoms with Crippen molar-refractivity contribution < 1.29 is 17.9 Å². The minimum Gasteiger partial charge on any atom is -0.496 e. The number of carbonyl (C=O) groups is 1. The highest BCUT2D eigenvalue weighted by atomic mass is 32.2. The number of nitrogens with zero attached hydrogens (tertiary/aromatic N) is 1. The molecule has 0 aromatic heterocycles. The fourth-order valence-electron chi connectivity index (χ4n) is 2.69. The van der Waals surface area contributed by atoms with Gasteiger partial charge in [0.15, 0.2) is 0 Å². The number of rotatable bonds is 5. The zero-order valence-corrected chi connectivity index (χ0v) is 13.9. The average Bonchev–Trinajstić information content (AvgIpc) is 2.43. The number of hydrogen-bond donors (Lipinski definition) is 1. The second-order valence-electron chi connectivity index (χ2n) is 5.94. The molecular formula is C15H22N2O4S. The predicted molar refractivity (Wildman–Crippen MR) is 84.3 cm³/mol. The van der Waals surface area contributed by atoms with Gasteiger partial charge in [-0.2, -0.15) is 4.31 Å². The number of fused-ring (bicyclic) bond motifs is 1. The van der Waals surface area contributed by atoms with Crippen molar-refractivity contribution in [2.24, 2.45) is 11.7 Å². The van der Waals surface area contributed by atoms with Gasteiger partial charge in [0.05, 0.1) is 18.4 Å². The lowest BCUT2D eigenvalue weighted by Crippen LogP contribution is -2.38.